The maximum atomic E-state index is 13.5. The Kier molecular flexibility index (Phi) is 12.0. The molecule has 3 amide bonds. The SMILES string of the molecule is CC(C)C[C@H](CC(=O)O)NC(=O)[C@@H](Cc1ccccc1)NC(=O)[C@@H](Cc1ccccc1)NC(=O)OC(C)(C)C. The van der Waals surface area contributed by atoms with Gasteiger partial charge in [-0.05, 0) is 44.2 Å². The van der Waals surface area contributed by atoms with Crippen LogP contribution in [-0.2, 0) is 32.0 Å². The summed E-state index contributed by atoms with van der Waals surface area (Å²) in [5.41, 5.74) is 0.871. The van der Waals surface area contributed by atoms with E-state index in [1.807, 2.05) is 74.5 Å². The normalized spacial score (nSPS) is 13.6. The standard InChI is InChI=1S/C30H41N3O6/c1-20(2)16-23(19-26(34)35)31-27(36)24(17-21-12-8-6-9-13-21)32-28(37)25(18-22-14-10-7-11-15-22)33-29(38)39-30(3,4)5/h6-15,20,23-25H,16-19H2,1-5H3,(H,31,36)(H,32,37)(H,33,38)(H,34,35)/t23-,24-,25-/m1/s1. The van der Waals surface area contributed by atoms with Crippen molar-refractivity contribution >= 4 is 23.9 Å². The fourth-order valence-corrected chi connectivity index (χ4v) is 4.12. The number of hydrogen-bond donors (Lipinski definition) is 4. The van der Waals surface area contributed by atoms with E-state index in [1.165, 1.54) is 0 Å². The van der Waals surface area contributed by atoms with Gasteiger partial charge >= 0.3 is 12.1 Å². The quantitative estimate of drug-likeness (QED) is 0.306. The Bertz CT molecular complexity index is 1080. The van der Waals surface area contributed by atoms with Crippen molar-refractivity contribution in [3.05, 3.63) is 71.8 Å². The molecular formula is C30H41N3O6. The van der Waals surface area contributed by atoms with Gasteiger partial charge in [0.1, 0.15) is 17.7 Å². The summed E-state index contributed by atoms with van der Waals surface area (Å²) in [6.45, 7) is 9.07. The van der Waals surface area contributed by atoms with Crippen LogP contribution in [0.15, 0.2) is 60.7 Å². The summed E-state index contributed by atoms with van der Waals surface area (Å²) in [5.74, 6) is -1.91. The zero-order chi connectivity index (χ0) is 29.0. The first kappa shape index (κ1) is 31.3. The van der Waals surface area contributed by atoms with Gasteiger partial charge < -0.3 is 25.8 Å². The Hall–Kier alpha value is -3.88. The average Bonchev–Trinajstić information content (AvgIpc) is 2.82. The van der Waals surface area contributed by atoms with Gasteiger partial charge in [-0.15, -0.1) is 0 Å². The molecule has 4 N–H and O–H groups in total. The fourth-order valence-electron chi connectivity index (χ4n) is 4.12. The number of carbonyl (C=O) groups excluding carboxylic acids is 3. The zero-order valence-corrected chi connectivity index (χ0v) is 23.4. The van der Waals surface area contributed by atoms with Crippen LogP contribution >= 0.6 is 0 Å². The number of carboxylic acids is 1. The minimum absolute atomic E-state index is 0.157. The molecule has 0 unspecified atom stereocenters. The van der Waals surface area contributed by atoms with Gasteiger partial charge in [0, 0.05) is 18.9 Å². The molecule has 0 bridgehead atoms. The minimum atomic E-state index is -1.02. The number of carbonyl (C=O) groups is 4. The van der Waals surface area contributed by atoms with E-state index in [9.17, 15) is 24.3 Å². The van der Waals surface area contributed by atoms with Crippen molar-refractivity contribution in [2.45, 2.75) is 84.0 Å². The Morgan fingerprint density at radius 3 is 1.67 bits per heavy atom. The monoisotopic (exact) mass is 539 g/mol. The summed E-state index contributed by atoms with van der Waals surface area (Å²) in [6.07, 6.45) is -0.139. The number of amides is 3. The summed E-state index contributed by atoms with van der Waals surface area (Å²) in [4.78, 5) is 50.9. The minimum Gasteiger partial charge on any atom is -0.481 e. The van der Waals surface area contributed by atoms with E-state index in [1.54, 1.807) is 20.8 Å². The van der Waals surface area contributed by atoms with E-state index in [2.05, 4.69) is 16.0 Å². The lowest BCUT2D eigenvalue weighted by Crippen LogP contribution is -2.56. The first-order valence-corrected chi connectivity index (χ1v) is 13.2. The summed E-state index contributed by atoms with van der Waals surface area (Å²) in [7, 11) is 0. The molecule has 3 atom stereocenters. The molecule has 0 aromatic heterocycles. The van der Waals surface area contributed by atoms with Crippen LogP contribution in [-0.4, -0.2) is 52.7 Å². The zero-order valence-electron chi connectivity index (χ0n) is 23.4. The third-order valence-corrected chi connectivity index (χ3v) is 5.73. The summed E-state index contributed by atoms with van der Waals surface area (Å²) >= 11 is 0. The highest BCUT2D eigenvalue weighted by Gasteiger charge is 2.30. The molecule has 39 heavy (non-hydrogen) atoms. The van der Waals surface area contributed by atoms with Crippen LogP contribution in [0.25, 0.3) is 0 Å². The lowest BCUT2D eigenvalue weighted by Gasteiger charge is -2.27. The predicted octanol–water partition coefficient (Wildman–Crippen LogP) is 3.86. The topological polar surface area (TPSA) is 134 Å². The lowest BCUT2D eigenvalue weighted by molar-refractivity contribution is -0.138. The van der Waals surface area contributed by atoms with E-state index in [4.69, 9.17) is 4.74 Å². The molecule has 0 aliphatic carbocycles. The average molecular weight is 540 g/mol. The van der Waals surface area contributed by atoms with Crippen LogP contribution in [0, 0.1) is 5.92 Å². The van der Waals surface area contributed by atoms with Crippen LogP contribution < -0.4 is 16.0 Å². The molecular weight excluding hydrogens is 498 g/mol. The van der Waals surface area contributed by atoms with Gasteiger partial charge in [0.15, 0.2) is 0 Å². The Morgan fingerprint density at radius 2 is 1.23 bits per heavy atom. The third-order valence-electron chi connectivity index (χ3n) is 5.73. The van der Waals surface area contributed by atoms with E-state index in [0.717, 1.165) is 11.1 Å². The molecule has 9 nitrogen and oxygen atoms in total. The van der Waals surface area contributed by atoms with Gasteiger partial charge in [0.2, 0.25) is 11.8 Å². The molecule has 0 heterocycles. The number of carboxylic acid groups (broad SMARTS) is 1. The maximum Gasteiger partial charge on any atom is 0.408 e. The number of benzene rings is 2. The van der Waals surface area contributed by atoms with Gasteiger partial charge in [-0.1, -0.05) is 74.5 Å². The van der Waals surface area contributed by atoms with Crippen LogP contribution in [0.1, 0.15) is 58.6 Å². The number of nitrogens with one attached hydrogen (secondary N) is 3. The first-order valence-electron chi connectivity index (χ1n) is 13.2. The van der Waals surface area contributed by atoms with Crippen LogP contribution in [0.4, 0.5) is 4.79 Å². The smallest absolute Gasteiger partial charge is 0.408 e. The molecule has 0 aliphatic heterocycles. The van der Waals surface area contributed by atoms with E-state index < -0.39 is 47.6 Å². The predicted molar refractivity (Wildman–Crippen MR) is 149 cm³/mol. The van der Waals surface area contributed by atoms with Gasteiger partial charge in [0.25, 0.3) is 0 Å². The second-order valence-corrected chi connectivity index (χ2v) is 11.1. The molecule has 2 aromatic rings. The number of hydrogen-bond acceptors (Lipinski definition) is 5. The van der Waals surface area contributed by atoms with Gasteiger partial charge in [0.05, 0.1) is 6.42 Å². The van der Waals surface area contributed by atoms with Crippen molar-refractivity contribution in [1.29, 1.82) is 0 Å². The molecule has 212 valence electrons. The molecule has 2 aromatic carbocycles. The van der Waals surface area contributed by atoms with E-state index in [-0.39, 0.29) is 25.2 Å². The Balaban J connectivity index is 2.29. The van der Waals surface area contributed by atoms with Crippen molar-refractivity contribution in [3.8, 4) is 0 Å². The largest absolute Gasteiger partial charge is 0.481 e. The molecule has 9 heteroatoms. The lowest BCUT2D eigenvalue weighted by atomic mass is 9.99. The summed E-state index contributed by atoms with van der Waals surface area (Å²) < 4.78 is 5.37. The fraction of sp³-hybridized carbons (Fsp3) is 0.467. The number of alkyl carbamates (subject to hydrolysis) is 1. The molecule has 0 radical (unpaired) electrons. The molecule has 0 aliphatic rings. The van der Waals surface area contributed by atoms with Gasteiger partial charge in [-0.2, -0.15) is 0 Å². The van der Waals surface area contributed by atoms with Crippen LogP contribution in [0.5, 0.6) is 0 Å². The van der Waals surface area contributed by atoms with E-state index >= 15 is 0 Å². The van der Waals surface area contributed by atoms with Gasteiger partial charge in [-0.25, -0.2) is 4.79 Å². The van der Waals surface area contributed by atoms with E-state index in [0.29, 0.717) is 6.42 Å². The molecule has 0 fully saturated rings. The van der Waals surface area contributed by atoms with Crippen molar-refractivity contribution < 1.29 is 29.0 Å². The van der Waals surface area contributed by atoms with Crippen LogP contribution in [0.2, 0.25) is 0 Å². The van der Waals surface area contributed by atoms with Crippen molar-refractivity contribution in [1.82, 2.24) is 16.0 Å². The van der Waals surface area contributed by atoms with Crippen molar-refractivity contribution in [3.63, 3.8) is 0 Å². The highest BCUT2D eigenvalue weighted by Crippen LogP contribution is 2.12. The number of ether oxygens (including phenoxy) is 1. The molecule has 2 rings (SSSR count). The third kappa shape index (κ3) is 12.5. The van der Waals surface area contributed by atoms with Crippen molar-refractivity contribution in [2.75, 3.05) is 0 Å². The highest BCUT2D eigenvalue weighted by molar-refractivity contribution is 5.92. The number of aliphatic carboxylic acids is 1. The maximum absolute atomic E-state index is 13.5. The molecule has 0 saturated heterocycles. The summed E-state index contributed by atoms with van der Waals surface area (Å²) in [5, 5.41) is 17.6. The Labute approximate surface area is 230 Å². The second kappa shape index (κ2) is 14.9. The first-order chi connectivity index (χ1) is 18.3. The summed E-state index contributed by atoms with van der Waals surface area (Å²) in [6, 6.07) is 15.8. The van der Waals surface area contributed by atoms with Crippen molar-refractivity contribution in [2.24, 2.45) is 5.92 Å². The molecule has 0 saturated carbocycles. The second-order valence-electron chi connectivity index (χ2n) is 11.1. The molecule has 0 spiro atoms. The number of rotatable bonds is 13. The van der Waals surface area contributed by atoms with Crippen LogP contribution in [0.3, 0.4) is 0 Å². The highest BCUT2D eigenvalue weighted by atomic mass is 16.6. The Morgan fingerprint density at radius 1 is 0.769 bits per heavy atom. The van der Waals surface area contributed by atoms with Gasteiger partial charge in [-0.3, -0.25) is 14.4 Å².